The Morgan fingerprint density at radius 1 is 1.20 bits per heavy atom. The molecule has 0 saturated carbocycles. The molecule has 0 aromatic heterocycles. The van der Waals surface area contributed by atoms with Crippen molar-refractivity contribution >= 4 is 17.5 Å². The minimum absolute atomic E-state index is 0.971. The Kier molecular flexibility index (Phi) is 3.98. The van der Waals surface area contributed by atoms with Gasteiger partial charge in [-0.2, -0.15) is 0 Å². The Balaban J connectivity index is 2.61. The van der Waals surface area contributed by atoms with E-state index in [1.807, 2.05) is 14.1 Å². The highest BCUT2D eigenvalue weighted by molar-refractivity contribution is 5.94. The van der Waals surface area contributed by atoms with Crippen LogP contribution in [0.2, 0.25) is 0 Å². The van der Waals surface area contributed by atoms with Crippen molar-refractivity contribution in [3.63, 3.8) is 0 Å². The van der Waals surface area contributed by atoms with Crippen LogP contribution in [-0.2, 0) is 0 Å². The third-order valence-electron chi connectivity index (χ3n) is 3.87. The molecule has 0 spiro atoms. The molecule has 3 nitrogen and oxygen atoms in total. The molecule has 0 aliphatic heterocycles. The van der Waals surface area contributed by atoms with E-state index in [4.69, 9.17) is 5.21 Å². The monoisotopic (exact) mass is 270 g/mol. The molecule has 0 saturated heterocycles. The van der Waals surface area contributed by atoms with Crippen molar-refractivity contribution in [2.24, 2.45) is 5.16 Å². The fourth-order valence-electron chi connectivity index (χ4n) is 2.92. The van der Waals surface area contributed by atoms with E-state index in [2.05, 4.69) is 49.0 Å². The number of anilines is 1. The van der Waals surface area contributed by atoms with Gasteiger partial charge in [0.1, 0.15) is 0 Å². The van der Waals surface area contributed by atoms with Crippen LogP contribution in [0.25, 0.3) is 5.57 Å². The van der Waals surface area contributed by atoms with Crippen LogP contribution in [0.15, 0.2) is 34.5 Å². The maximum atomic E-state index is 8.99. The molecule has 20 heavy (non-hydrogen) atoms. The van der Waals surface area contributed by atoms with E-state index < -0.39 is 0 Å². The van der Waals surface area contributed by atoms with E-state index in [-0.39, 0.29) is 0 Å². The summed E-state index contributed by atoms with van der Waals surface area (Å²) in [5, 5.41) is 12.2. The predicted molar refractivity (Wildman–Crippen MR) is 85.9 cm³/mol. The first-order valence-electron chi connectivity index (χ1n) is 6.81. The van der Waals surface area contributed by atoms with Crippen LogP contribution >= 0.6 is 0 Å². The molecule has 1 N–H and O–H groups in total. The zero-order valence-electron chi connectivity index (χ0n) is 12.9. The van der Waals surface area contributed by atoms with Gasteiger partial charge in [-0.25, -0.2) is 0 Å². The quantitative estimate of drug-likeness (QED) is 0.512. The Morgan fingerprint density at radius 3 is 2.40 bits per heavy atom. The van der Waals surface area contributed by atoms with E-state index >= 15 is 0 Å². The van der Waals surface area contributed by atoms with Gasteiger partial charge in [0.15, 0.2) is 0 Å². The first kappa shape index (κ1) is 14.4. The van der Waals surface area contributed by atoms with Crippen LogP contribution in [0.1, 0.15) is 37.0 Å². The van der Waals surface area contributed by atoms with Crippen molar-refractivity contribution in [2.45, 2.75) is 27.2 Å². The summed E-state index contributed by atoms with van der Waals surface area (Å²) in [5.41, 5.74) is 8.43. The highest BCUT2D eigenvalue weighted by atomic mass is 16.4. The van der Waals surface area contributed by atoms with Gasteiger partial charge in [-0.05, 0) is 55.5 Å². The second kappa shape index (κ2) is 5.53. The second-order valence-electron chi connectivity index (χ2n) is 5.64. The SMILES string of the molecule is CC1=CC(C)=C(c2ccc(N(C)C)c(C)c2C=NO)C1. The number of rotatable bonds is 3. The minimum atomic E-state index is 0.971. The summed E-state index contributed by atoms with van der Waals surface area (Å²) >= 11 is 0. The zero-order valence-corrected chi connectivity index (χ0v) is 12.9. The number of hydrogen-bond acceptors (Lipinski definition) is 3. The van der Waals surface area contributed by atoms with Crippen molar-refractivity contribution in [1.82, 2.24) is 0 Å². The second-order valence-corrected chi connectivity index (χ2v) is 5.64. The summed E-state index contributed by atoms with van der Waals surface area (Å²) in [6.45, 7) is 6.36. The topological polar surface area (TPSA) is 35.8 Å². The highest BCUT2D eigenvalue weighted by Gasteiger charge is 2.17. The molecule has 0 amide bonds. The third kappa shape index (κ3) is 2.48. The van der Waals surface area contributed by atoms with E-state index in [0.717, 1.165) is 28.8 Å². The van der Waals surface area contributed by atoms with Gasteiger partial charge < -0.3 is 10.1 Å². The molecule has 0 unspecified atom stereocenters. The summed E-state index contributed by atoms with van der Waals surface area (Å²) in [6.07, 6.45) is 4.74. The number of oxime groups is 1. The fourth-order valence-corrected chi connectivity index (χ4v) is 2.92. The molecule has 1 aliphatic carbocycles. The Morgan fingerprint density at radius 2 is 1.90 bits per heavy atom. The molecular formula is C17H22N2O. The number of benzene rings is 1. The van der Waals surface area contributed by atoms with Crippen molar-refractivity contribution in [3.8, 4) is 0 Å². The van der Waals surface area contributed by atoms with E-state index in [1.165, 1.54) is 16.7 Å². The molecule has 1 aromatic rings. The predicted octanol–water partition coefficient (Wildman–Crippen LogP) is 3.99. The van der Waals surface area contributed by atoms with Crippen LogP contribution in [0.4, 0.5) is 5.69 Å². The van der Waals surface area contributed by atoms with Gasteiger partial charge in [0.05, 0.1) is 6.21 Å². The number of allylic oxidation sites excluding steroid dienone is 4. The van der Waals surface area contributed by atoms with Gasteiger partial charge in [-0.15, -0.1) is 0 Å². The minimum Gasteiger partial charge on any atom is -0.411 e. The maximum absolute atomic E-state index is 8.99. The first-order valence-corrected chi connectivity index (χ1v) is 6.81. The lowest BCUT2D eigenvalue weighted by Crippen LogP contribution is -2.12. The Bertz CT molecular complexity index is 622. The first-order chi connectivity index (χ1) is 9.45. The summed E-state index contributed by atoms with van der Waals surface area (Å²) in [7, 11) is 4.04. The maximum Gasteiger partial charge on any atom is 0.0743 e. The van der Waals surface area contributed by atoms with Crippen molar-refractivity contribution in [3.05, 3.63) is 46.0 Å². The molecule has 0 bridgehead atoms. The van der Waals surface area contributed by atoms with Gasteiger partial charge in [0.2, 0.25) is 0 Å². The molecule has 0 fully saturated rings. The zero-order chi connectivity index (χ0) is 14.9. The third-order valence-corrected chi connectivity index (χ3v) is 3.87. The van der Waals surface area contributed by atoms with Gasteiger partial charge in [0.25, 0.3) is 0 Å². The standard InChI is InChI=1S/C17H22N2O/c1-11-8-12(2)15(9-11)14-6-7-17(19(4)5)13(3)16(14)10-18-20/h6-8,10,20H,9H2,1-5H3. The van der Waals surface area contributed by atoms with Gasteiger partial charge in [-0.3, -0.25) is 0 Å². The molecule has 0 heterocycles. The average Bonchev–Trinajstić information content (AvgIpc) is 2.70. The lowest BCUT2D eigenvalue weighted by molar-refractivity contribution is 0.322. The highest BCUT2D eigenvalue weighted by Crippen LogP contribution is 2.36. The molecule has 1 aliphatic rings. The Hall–Kier alpha value is -2.03. The lowest BCUT2D eigenvalue weighted by Gasteiger charge is -2.20. The number of hydrogen-bond donors (Lipinski definition) is 1. The Labute approximate surface area is 120 Å². The largest absolute Gasteiger partial charge is 0.411 e. The molecule has 2 rings (SSSR count). The summed E-state index contributed by atoms with van der Waals surface area (Å²) in [5.74, 6) is 0. The number of nitrogens with zero attached hydrogens (tertiary/aromatic N) is 2. The van der Waals surface area contributed by atoms with Gasteiger partial charge in [0, 0.05) is 25.3 Å². The van der Waals surface area contributed by atoms with Crippen molar-refractivity contribution in [2.75, 3.05) is 19.0 Å². The fraction of sp³-hybridized carbons (Fsp3) is 0.353. The molecular weight excluding hydrogens is 248 g/mol. The summed E-state index contributed by atoms with van der Waals surface area (Å²) in [4.78, 5) is 2.08. The van der Waals surface area contributed by atoms with Crippen molar-refractivity contribution in [1.29, 1.82) is 0 Å². The van der Waals surface area contributed by atoms with E-state index in [1.54, 1.807) is 6.21 Å². The van der Waals surface area contributed by atoms with E-state index in [9.17, 15) is 0 Å². The molecule has 106 valence electrons. The van der Waals surface area contributed by atoms with E-state index in [0.29, 0.717) is 0 Å². The summed E-state index contributed by atoms with van der Waals surface area (Å²) in [6, 6.07) is 4.26. The van der Waals surface area contributed by atoms with Gasteiger partial charge in [-0.1, -0.05) is 22.9 Å². The lowest BCUT2D eigenvalue weighted by atomic mass is 9.92. The van der Waals surface area contributed by atoms with Crippen molar-refractivity contribution < 1.29 is 5.21 Å². The van der Waals surface area contributed by atoms with Crippen LogP contribution in [0, 0.1) is 6.92 Å². The smallest absolute Gasteiger partial charge is 0.0743 e. The normalized spacial score (nSPS) is 15.2. The average molecular weight is 270 g/mol. The molecule has 0 atom stereocenters. The summed E-state index contributed by atoms with van der Waals surface area (Å²) < 4.78 is 0. The van der Waals surface area contributed by atoms with Crippen LogP contribution in [0.3, 0.4) is 0 Å². The van der Waals surface area contributed by atoms with Gasteiger partial charge >= 0.3 is 0 Å². The molecule has 3 heteroatoms. The molecule has 0 radical (unpaired) electrons. The van der Waals surface area contributed by atoms with Crippen LogP contribution < -0.4 is 4.90 Å². The molecule has 1 aromatic carbocycles. The van der Waals surface area contributed by atoms with Crippen LogP contribution in [-0.4, -0.2) is 25.5 Å². The van der Waals surface area contributed by atoms with Crippen LogP contribution in [0.5, 0.6) is 0 Å².